The number of methoxy groups -OCH3 is 1. The van der Waals surface area contributed by atoms with Crippen LogP contribution in [0, 0.1) is 0 Å². The fourth-order valence-corrected chi connectivity index (χ4v) is 2.33. The summed E-state index contributed by atoms with van der Waals surface area (Å²) in [6, 6.07) is 0.418. The number of piperidine rings is 1. The van der Waals surface area contributed by atoms with Gasteiger partial charge in [-0.25, -0.2) is 0 Å². The number of hydrogen-bond acceptors (Lipinski definition) is 4. The van der Waals surface area contributed by atoms with E-state index in [4.69, 9.17) is 4.74 Å². The lowest BCUT2D eigenvalue weighted by Crippen LogP contribution is -2.43. The number of aromatic nitrogens is 2. The largest absolute Gasteiger partial charge is 0.380 e. The molecule has 0 spiro atoms. The lowest BCUT2D eigenvalue weighted by Gasteiger charge is -2.32. The molecule has 1 aliphatic rings. The molecule has 0 aliphatic carbocycles. The molecule has 0 radical (unpaired) electrons. The molecule has 2 rings (SSSR count). The van der Waals surface area contributed by atoms with Crippen molar-refractivity contribution in [3.8, 4) is 0 Å². The predicted molar refractivity (Wildman–Crippen MR) is 73.0 cm³/mol. The van der Waals surface area contributed by atoms with Gasteiger partial charge in [-0.05, 0) is 19.8 Å². The van der Waals surface area contributed by atoms with Crippen molar-refractivity contribution in [1.29, 1.82) is 0 Å². The van der Waals surface area contributed by atoms with E-state index in [9.17, 15) is 4.79 Å². The Morgan fingerprint density at radius 1 is 1.53 bits per heavy atom. The van der Waals surface area contributed by atoms with Gasteiger partial charge in [0.1, 0.15) is 6.61 Å². The predicted octanol–water partition coefficient (Wildman–Crippen LogP) is 0.952. The summed E-state index contributed by atoms with van der Waals surface area (Å²) in [7, 11) is 1.55. The monoisotopic (exact) mass is 266 g/mol. The van der Waals surface area contributed by atoms with Gasteiger partial charge in [0, 0.05) is 39.0 Å². The molecule has 1 aromatic rings. The van der Waals surface area contributed by atoms with Crippen LogP contribution in [0.5, 0.6) is 0 Å². The highest BCUT2D eigenvalue weighted by atomic mass is 16.5. The number of amides is 1. The zero-order valence-corrected chi connectivity index (χ0v) is 11.6. The highest BCUT2D eigenvalue weighted by Crippen LogP contribution is 2.16. The highest BCUT2D eigenvalue weighted by molar-refractivity contribution is 5.77. The zero-order valence-electron chi connectivity index (χ0n) is 11.6. The number of rotatable bonds is 5. The summed E-state index contributed by atoms with van der Waals surface area (Å²) in [6.07, 6.45) is 5.80. The van der Waals surface area contributed by atoms with Crippen molar-refractivity contribution in [3.63, 3.8) is 0 Å². The van der Waals surface area contributed by atoms with Gasteiger partial charge in [0.25, 0.3) is 0 Å². The molecule has 1 N–H and O–H groups in total. The molecule has 1 fully saturated rings. The Hall–Kier alpha value is -1.56. The molecule has 0 saturated carbocycles. The van der Waals surface area contributed by atoms with Crippen molar-refractivity contribution >= 4 is 11.6 Å². The first-order valence-corrected chi connectivity index (χ1v) is 6.78. The van der Waals surface area contributed by atoms with E-state index in [1.54, 1.807) is 7.11 Å². The van der Waals surface area contributed by atoms with Crippen LogP contribution in [0.4, 0.5) is 5.69 Å². The Labute approximate surface area is 113 Å². The van der Waals surface area contributed by atoms with Crippen molar-refractivity contribution in [2.24, 2.45) is 0 Å². The van der Waals surface area contributed by atoms with Crippen LogP contribution in [0.1, 0.15) is 19.8 Å². The van der Waals surface area contributed by atoms with Crippen molar-refractivity contribution in [2.75, 3.05) is 32.1 Å². The van der Waals surface area contributed by atoms with E-state index in [0.29, 0.717) is 6.04 Å². The lowest BCUT2D eigenvalue weighted by atomic mass is 10.0. The number of hydrogen-bond donors (Lipinski definition) is 1. The highest BCUT2D eigenvalue weighted by Gasteiger charge is 2.22. The molecule has 6 nitrogen and oxygen atoms in total. The Kier molecular flexibility index (Phi) is 4.79. The molecule has 0 bridgehead atoms. The maximum absolute atomic E-state index is 11.7. The maximum atomic E-state index is 11.7. The van der Waals surface area contributed by atoms with Gasteiger partial charge in [-0.3, -0.25) is 9.48 Å². The molecule has 0 unspecified atom stereocenters. The molecule has 106 valence electrons. The molecule has 1 saturated heterocycles. The third-order valence-corrected chi connectivity index (χ3v) is 3.44. The Balaban J connectivity index is 1.78. The van der Waals surface area contributed by atoms with Gasteiger partial charge >= 0.3 is 0 Å². The number of ether oxygens (including phenoxy) is 1. The van der Waals surface area contributed by atoms with Gasteiger partial charge < -0.3 is 15.0 Å². The number of nitrogens with one attached hydrogen (secondary N) is 1. The minimum atomic E-state index is 0.0831. The number of aryl methyl sites for hydroxylation is 1. The summed E-state index contributed by atoms with van der Waals surface area (Å²) < 4.78 is 6.78. The van der Waals surface area contributed by atoms with Crippen molar-refractivity contribution in [1.82, 2.24) is 14.7 Å². The molecule has 19 heavy (non-hydrogen) atoms. The summed E-state index contributed by atoms with van der Waals surface area (Å²) in [4.78, 5) is 13.5. The SMILES string of the molecule is CCn1cc(NC2CCN(C(=O)COC)CC2)cn1. The fraction of sp³-hybridized carbons (Fsp3) is 0.692. The van der Waals surface area contributed by atoms with Crippen molar-refractivity contribution < 1.29 is 9.53 Å². The average molecular weight is 266 g/mol. The number of carbonyl (C=O) groups excluding carboxylic acids is 1. The van der Waals surface area contributed by atoms with Crippen LogP contribution in [-0.2, 0) is 16.1 Å². The van der Waals surface area contributed by atoms with E-state index < -0.39 is 0 Å². The van der Waals surface area contributed by atoms with Crippen molar-refractivity contribution in [3.05, 3.63) is 12.4 Å². The number of anilines is 1. The van der Waals surface area contributed by atoms with E-state index in [0.717, 1.165) is 38.2 Å². The molecule has 0 aromatic carbocycles. The molecule has 1 amide bonds. The van der Waals surface area contributed by atoms with Crippen LogP contribution in [-0.4, -0.2) is 53.4 Å². The van der Waals surface area contributed by atoms with Crippen molar-refractivity contribution in [2.45, 2.75) is 32.4 Å². The van der Waals surface area contributed by atoms with Crippen LogP contribution >= 0.6 is 0 Å². The molecule has 2 heterocycles. The van der Waals surface area contributed by atoms with Gasteiger partial charge in [-0.1, -0.05) is 0 Å². The first kappa shape index (κ1) is 13.9. The minimum absolute atomic E-state index is 0.0831. The first-order valence-electron chi connectivity index (χ1n) is 6.78. The summed E-state index contributed by atoms with van der Waals surface area (Å²) >= 11 is 0. The molecule has 0 atom stereocenters. The number of likely N-dealkylation sites (tertiary alicyclic amines) is 1. The molecular formula is C13H22N4O2. The van der Waals surface area contributed by atoms with E-state index in [2.05, 4.69) is 17.3 Å². The minimum Gasteiger partial charge on any atom is -0.380 e. The van der Waals surface area contributed by atoms with Gasteiger partial charge in [-0.2, -0.15) is 5.10 Å². The smallest absolute Gasteiger partial charge is 0.248 e. The zero-order chi connectivity index (χ0) is 13.7. The third-order valence-electron chi connectivity index (χ3n) is 3.44. The quantitative estimate of drug-likeness (QED) is 0.862. The second-order valence-electron chi connectivity index (χ2n) is 4.82. The number of carbonyl (C=O) groups is 1. The van der Waals surface area contributed by atoms with Gasteiger partial charge in [-0.15, -0.1) is 0 Å². The lowest BCUT2D eigenvalue weighted by molar-refractivity contribution is -0.136. The van der Waals surface area contributed by atoms with E-state index >= 15 is 0 Å². The van der Waals surface area contributed by atoms with Crippen LogP contribution in [0.3, 0.4) is 0 Å². The second kappa shape index (κ2) is 6.56. The van der Waals surface area contributed by atoms with Crippen LogP contribution in [0.15, 0.2) is 12.4 Å². The first-order chi connectivity index (χ1) is 9.22. The summed E-state index contributed by atoms with van der Waals surface area (Å²) in [5.41, 5.74) is 1.06. The normalized spacial score (nSPS) is 16.6. The summed E-state index contributed by atoms with van der Waals surface area (Å²) in [6.45, 7) is 4.72. The molecular weight excluding hydrogens is 244 g/mol. The Bertz CT molecular complexity index is 411. The van der Waals surface area contributed by atoms with E-state index in [1.807, 2.05) is 22.0 Å². The molecule has 6 heteroatoms. The molecule has 1 aromatic heterocycles. The standard InChI is InChI=1S/C13H22N4O2/c1-3-17-9-12(8-14-17)15-11-4-6-16(7-5-11)13(18)10-19-2/h8-9,11,15H,3-7,10H2,1-2H3. The fourth-order valence-electron chi connectivity index (χ4n) is 2.33. The average Bonchev–Trinajstić information content (AvgIpc) is 2.87. The molecule has 1 aliphatic heterocycles. The summed E-state index contributed by atoms with van der Waals surface area (Å²) in [5, 5.41) is 7.72. The van der Waals surface area contributed by atoms with Gasteiger partial charge in [0.05, 0.1) is 11.9 Å². The van der Waals surface area contributed by atoms with Crippen LogP contribution in [0.2, 0.25) is 0 Å². The maximum Gasteiger partial charge on any atom is 0.248 e. The van der Waals surface area contributed by atoms with Gasteiger partial charge in [0.2, 0.25) is 5.91 Å². The van der Waals surface area contributed by atoms with Crippen LogP contribution < -0.4 is 5.32 Å². The third kappa shape index (κ3) is 3.70. The summed E-state index contributed by atoms with van der Waals surface area (Å²) in [5.74, 6) is 0.0831. The van der Waals surface area contributed by atoms with E-state index in [1.165, 1.54) is 0 Å². The van der Waals surface area contributed by atoms with Crippen LogP contribution in [0.25, 0.3) is 0 Å². The number of nitrogens with zero attached hydrogens (tertiary/aromatic N) is 3. The second-order valence-corrected chi connectivity index (χ2v) is 4.82. The van der Waals surface area contributed by atoms with Gasteiger partial charge in [0.15, 0.2) is 0 Å². The van der Waals surface area contributed by atoms with E-state index in [-0.39, 0.29) is 12.5 Å². The Morgan fingerprint density at radius 2 is 2.26 bits per heavy atom. The Morgan fingerprint density at radius 3 is 2.84 bits per heavy atom. The topological polar surface area (TPSA) is 59.4 Å².